The van der Waals surface area contributed by atoms with Gasteiger partial charge in [-0.05, 0) is 67.8 Å². The van der Waals surface area contributed by atoms with Crippen molar-refractivity contribution in [2.75, 3.05) is 34.2 Å². The summed E-state index contributed by atoms with van der Waals surface area (Å²) in [6, 6.07) is 0. The highest BCUT2D eigenvalue weighted by molar-refractivity contribution is 4.72. The van der Waals surface area contributed by atoms with Crippen LogP contribution >= 0.6 is 0 Å². The van der Waals surface area contributed by atoms with E-state index in [9.17, 15) is 0 Å². The highest BCUT2D eigenvalue weighted by atomic mass is 15.1. The summed E-state index contributed by atoms with van der Waals surface area (Å²) in [6.07, 6.45) is 2.60. The number of unbranched alkanes of at least 4 members (excludes halogenated alkanes) is 1. The van der Waals surface area contributed by atoms with Gasteiger partial charge in [-0.25, -0.2) is 0 Å². The van der Waals surface area contributed by atoms with E-state index in [2.05, 4.69) is 51.7 Å². The summed E-state index contributed by atoms with van der Waals surface area (Å²) in [6.45, 7) is 9.20. The highest BCUT2D eigenvalue weighted by Gasteiger charge is 2.15. The predicted molar refractivity (Wildman–Crippen MR) is 60.2 cm³/mol. The Kier molecular flexibility index (Phi) is 5.57. The van der Waals surface area contributed by atoms with Gasteiger partial charge >= 0.3 is 0 Å². The van der Waals surface area contributed by atoms with E-state index < -0.39 is 0 Å². The van der Waals surface area contributed by atoms with Crippen LogP contribution in [0.4, 0.5) is 0 Å². The summed E-state index contributed by atoms with van der Waals surface area (Å²) in [7, 11) is 6.47. The third kappa shape index (κ3) is 7.03. The van der Waals surface area contributed by atoms with Crippen molar-refractivity contribution in [3.63, 3.8) is 0 Å². The molecule has 0 radical (unpaired) electrons. The first-order valence-corrected chi connectivity index (χ1v) is 5.20. The van der Waals surface area contributed by atoms with E-state index in [4.69, 9.17) is 0 Å². The van der Waals surface area contributed by atoms with Crippen molar-refractivity contribution in [3.8, 4) is 0 Å². The molecule has 80 valence electrons. The lowest BCUT2D eigenvalue weighted by atomic mass is 10.1. The molecule has 0 bridgehead atoms. The van der Waals surface area contributed by atoms with Gasteiger partial charge in [0.1, 0.15) is 0 Å². The SMILES string of the molecule is CN(C)CCCCN(C)C(C)(C)C. The van der Waals surface area contributed by atoms with Gasteiger partial charge in [-0.1, -0.05) is 0 Å². The van der Waals surface area contributed by atoms with Gasteiger partial charge in [0.25, 0.3) is 0 Å². The third-order valence-electron chi connectivity index (χ3n) is 2.49. The second-order valence-corrected chi connectivity index (χ2v) is 5.10. The van der Waals surface area contributed by atoms with Crippen LogP contribution in [0.3, 0.4) is 0 Å². The number of rotatable bonds is 5. The summed E-state index contributed by atoms with van der Waals surface area (Å²) in [5, 5.41) is 0. The Bertz CT molecular complexity index is 125. The lowest BCUT2D eigenvalue weighted by molar-refractivity contribution is 0.171. The molecule has 0 amide bonds. The van der Waals surface area contributed by atoms with Crippen molar-refractivity contribution < 1.29 is 0 Å². The average molecular weight is 186 g/mol. The Morgan fingerprint density at radius 3 is 1.69 bits per heavy atom. The molecule has 0 saturated heterocycles. The van der Waals surface area contributed by atoms with Gasteiger partial charge in [0, 0.05) is 5.54 Å². The molecular formula is C11H26N2. The van der Waals surface area contributed by atoms with Gasteiger partial charge in [0.15, 0.2) is 0 Å². The number of nitrogens with zero attached hydrogens (tertiary/aromatic N) is 2. The first-order valence-electron chi connectivity index (χ1n) is 5.20. The van der Waals surface area contributed by atoms with Crippen LogP contribution in [-0.2, 0) is 0 Å². The van der Waals surface area contributed by atoms with Crippen molar-refractivity contribution in [2.45, 2.75) is 39.2 Å². The van der Waals surface area contributed by atoms with Crippen LogP contribution in [0.15, 0.2) is 0 Å². The minimum atomic E-state index is 0.318. The van der Waals surface area contributed by atoms with E-state index in [1.54, 1.807) is 0 Å². The fourth-order valence-corrected chi connectivity index (χ4v) is 1.11. The third-order valence-corrected chi connectivity index (χ3v) is 2.49. The van der Waals surface area contributed by atoms with Gasteiger partial charge < -0.3 is 9.80 Å². The molecule has 0 rings (SSSR count). The molecule has 0 fully saturated rings. The fourth-order valence-electron chi connectivity index (χ4n) is 1.11. The molecule has 0 unspecified atom stereocenters. The summed E-state index contributed by atoms with van der Waals surface area (Å²) < 4.78 is 0. The van der Waals surface area contributed by atoms with Crippen LogP contribution in [0.5, 0.6) is 0 Å². The predicted octanol–water partition coefficient (Wildman–Crippen LogP) is 2.06. The van der Waals surface area contributed by atoms with Gasteiger partial charge in [-0.15, -0.1) is 0 Å². The maximum absolute atomic E-state index is 2.42. The van der Waals surface area contributed by atoms with Gasteiger partial charge in [-0.2, -0.15) is 0 Å². The van der Waals surface area contributed by atoms with E-state index in [0.717, 1.165) is 0 Å². The van der Waals surface area contributed by atoms with Crippen molar-refractivity contribution in [2.24, 2.45) is 0 Å². The Morgan fingerprint density at radius 1 is 0.846 bits per heavy atom. The standard InChI is InChI=1S/C11H26N2/c1-11(2,3)13(6)10-8-7-9-12(4)5/h7-10H2,1-6H3. The summed E-state index contributed by atoms with van der Waals surface area (Å²) >= 11 is 0. The van der Waals surface area contributed by atoms with Crippen LogP contribution in [0.2, 0.25) is 0 Å². The summed E-state index contributed by atoms with van der Waals surface area (Å²) in [5.41, 5.74) is 0.318. The molecule has 0 heterocycles. The maximum Gasteiger partial charge on any atom is 0.0122 e. The normalized spacial score (nSPS) is 12.9. The monoisotopic (exact) mass is 186 g/mol. The van der Waals surface area contributed by atoms with Crippen molar-refractivity contribution in [1.29, 1.82) is 0 Å². The van der Waals surface area contributed by atoms with Gasteiger partial charge in [0.2, 0.25) is 0 Å². The van der Waals surface area contributed by atoms with Crippen LogP contribution < -0.4 is 0 Å². The molecule has 0 atom stereocenters. The van der Waals surface area contributed by atoms with E-state index in [1.165, 1.54) is 25.9 Å². The quantitative estimate of drug-likeness (QED) is 0.606. The van der Waals surface area contributed by atoms with Crippen LogP contribution in [0.25, 0.3) is 0 Å². The van der Waals surface area contributed by atoms with Crippen LogP contribution in [-0.4, -0.2) is 49.6 Å². The van der Waals surface area contributed by atoms with Crippen LogP contribution in [0, 0.1) is 0 Å². The Balaban J connectivity index is 3.43. The summed E-state index contributed by atoms with van der Waals surface area (Å²) in [4.78, 5) is 4.67. The molecule has 0 aliphatic heterocycles. The minimum Gasteiger partial charge on any atom is -0.309 e. The Hall–Kier alpha value is -0.0800. The van der Waals surface area contributed by atoms with E-state index in [-0.39, 0.29) is 0 Å². The van der Waals surface area contributed by atoms with Gasteiger partial charge in [-0.3, -0.25) is 0 Å². The molecule has 0 aromatic heterocycles. The molecule has 0 N–H and O–H groups in total. The molecule has 13 heavy (non-hydrogen) atoms. The van der Waals surface area contributed by atoms with E-state index in [1.807, 2.05) is 0 Å². The maximum atomic E-state index is 2.42. The highest BCUT2D eigenvalue weighted by Crippen LogP contribution is 2.10. The molecule has 0 aromatic carbocycles. The van der Waals surface area contributed by atoms with Crippen molar-refractivity contribution >= 4 is 0 Å². The first kappa shape index (κ1) is 12.9. The molecule has 0 aliphatic carbocycles. The zero-order valence-electron chi connectivity index (χ0n) is 10.2. The second-order valence-electron chi connectivity index (χ2n) is 5.10. The molecule has 2 nitrogen and oxygen atoms in total. The first-order chi connectivity index (χ1) is 5.84. The lowest BCUT2D eigenvalue weighted by Crippen LogP contribution is -2.38. The van der Waals surface area contributed by atoms with Crippen LogP contribution in [0.1, 0.15) is 33.6 Å². The van der Waals surface area contributed by atoms with Crippen molar-refractivity contribution in [1.82, 2.24) is 9.80 Å². The second kappa shape index (κ2) is 5.61. The number of hydrogen-bond acceptors (Lipinski definition) is 2. The topological polar surface area (TPSA) is 6.48 Å². The van der Waals surface area contributed by atoms with Crippen molar-refractivity contribution in [3.05, 3.63) is 0 Å². The smallest absolute Gasteiger partial charge is 0.0122 e. The molecular weight excluding hydrogens is 160 g/mol. The zero-order chi connectivity index (χ0) is 10.5. The Labute approximate surface area is 83.9 Å². The van der Waals surface area contributed by atoms with E-state index in [0.29, 0.717) is 5.54 Å². The molecule has 0 saturated carbocycles. The zero-order valence-corrected chi connectivity index (χ0v) is 10.2. The number of hydrogen-bond donors (Lipinski definition) is 0. The fraction of sp³-hybridized carbons (Fsp3) is 1.00. The average Bonchev–Trinajstić information content (AvgIpc) is 1.95. The lowest BCUT2D eigenvalue weighted by Gasteiger charge is -2.31. The minimum absolute atomic E-state index is 0.318. The molecule has 0 spiro atoms. The molecule has 2 heteroatoms. The van der Waals surface area contributed by atoms with Gasteiger partial charge in [0.05, 0.1) is 0 Å². The molecule has 0 aromatic rings. The largest absolute Gasteiger partial charge is 0.309 e. The van der Waals surface area contributed by atoms with E-state index >= 15 is 0 Å². The molecule has 0 aliphatic rings. The Morgan fingerprint density at radius 2 is 1.31 bits per heavy atom. The summed E-state index contributed by atoms with van der Waals surface area (Å²) in [5.74, 6) is 0.